The molecule has 14 nitrogen and oxygen atoms in total. The highest BCUT2D eigenvalue weighted by Gasteiger charge is 2.50. The van der Waals surface area contributed by atoms with Gasteiger partial charge in [-0.2, -0.15) is 0 Å². The van der Waals surface area contributed by atoms with Gasteiger partial charge in [0, 0.05) is 12.3 Å². The summed E-state index contributed by atoms with van der Waals surface area (Å²) in [7, 11) is 0. The van der Waals surface area contributed by atoms with Crippen molar-refractivity contribution in [2.75, 3.05) is 19.8 Å². The number of carbonyl (C=O) groups excluding carboxylic acids is 3. The SMILES string of the molecule is C=CC1C(O[C@@H]2O[C@H](CO)[C@@H](O)[C@H](O)[C@H]2O)OC(=O)C(COC=O)C1CC(=O)OCCc1ccc(O)c(O)c1. The Bertz CT molecular complexity index is 1010. The van der Waals surface area contributed by atoms with Gasteiger partial charge >= 0.3 is 11.9 Å². The van der Waals surface area contributed by atoms with Crippen molar-refractivity contribution in [1.29, 1.82) is 0 Å². The van der Waals surface area contributed by atoms with E-state index in [1.165, 1.54) is 18.2 Å². The fourth-order valence-corrected chi connectivity index (χ4v) is 4.51. The van der Waals surface area contributed by atoms with Crippen LogP contribution >= 0.6 is 0 Å². The average Bonchev–Trinajstić information content (AvgIpc) is 2.90. The standard InChI is InChI=1S/C25H32O14/c1-2-13-14(8-19(30)36-6-5-12-3-4-16(28)17(29)7-12)15(10-35-11-27)23(34)38-24(13)39-25-22(33)21(32)20(31)18(9-26)37-25/h2-4,7,11,13-15,18,20-22,24-26,28-29,31-33H,1,5-6,8-10H2/t13?,14?,15?,18-,20-,21+,22-,24?,25+/m1/s1. The van der Waals surface area contributed by atoms with Crippen LogP contribution in [0.3, 0.4) is 0 Å². The molecule has 216 valence electrons. The molecule has 9 atom stereocenters. The highest BCUT2D eigenvalue weighted by molar-refractivity contribution is 5.76. The van der Waals surface area contributed by atoms with Crippen LogP contribution in [0, 0.1) is 17.8 Å². The Morgan fingerprint density at radius 2 is 1.82 bits per heavy atom. The van der Waals surface area contributed by atoms with Crippen LogP contribution in [0.5, 0.6) is 11.5 Å². The second-order valence-electron chi connectivity index (χ2n) is 9.15. The predicted molar refractivity (Wildman–Crippen MR) is 126 cm³/mol. The number of aliphatic hydroxyl groups is 4. The number of ether oxygens (including phenoxy) is 5. The highest BCUT2D eigenvalue weighted by atomic mass is 16.8. The molecule has 1 aromatic rings. The summed E-state index contributed by atoms with van der Waals surface area (Å²) in [5.41, 5.74) is 0.591. The van der Waals surface area contributed by atoms with Crippen molar-refractivity contribution in [3.8, 4) is 11.5 Å². The number of benzene rings is 1. The Hall–Kier alpha value is -3.27. The van der Waals surface area contributed by atoms with Gasteiger partial charge in [-0.25, -0.2) is 0 Å². The molecule has 0 bridgehead atoms. The number of carbonyl (C=O) groups is 3. The van der Waals surface area contributed by atoms with Crippen molar-refractivity contribution >= 4 is 18.4 Å². The van der Waals surface area contributed by atoms with Gasteiger partial charge in [0.2, 0.25) is 6.29 Å². The number of phenols is 2. The van der Waals surface area contributed by atoms with Gasteiger partial charge in [-0.3, -0.25) is 14.4 Å². The molecule has 0 aliphatic carbocycles. The molecule has 4 unspecified atom stereocenters. The second-order valence-corrected chi connectivity index (χ2v) is 9.15. The molecule has 39 heavy (non-hydrogen) atoms. The van der Waals surface area contributed by atoms with E-state index in [9.17, 15) is 45.0 Å². The summed E-state index contributed by atoms with van der Waals surface area (Å²) in [6.07, 6.45) is -8.31. The normalized spacial score (nSPS) is 32.6. The molecule has 14 heteroatoms. The Morgan fingerprint density at radius 3 is 2.46 bits per heavy atom. The quantitative estimate of drug-likeness (QED) is 0.0566. The molecule has 2 aliphatic rings. The van der Waals surface area contributed by atoms with Crippen LogP contribution in [0.4, 0.5) is 0 Å². The summed E-state index contributed by atoms with van der Waals surface area (Å²) in [6.45, 7) is 2.64. The van der Waals surface area contributed by atoms with Crippen LogP contribution in [0.2, 0.25) is 0 Å². The minimum Gasteiger partial charge on any atom is -0.504 e. The molecule has 0 amide bonds. The molecule has 2 fully saturated rings. The number of cyclic esters (lactones) is 1. The lowest BCUT2D eigenvalue weighted by Crippen LogP contribution is -2.61. The van der Waals surface area contributed by atoms with Crippen molar-refractivity contribution in [2.45, 2.75) is 49.8 Å². The Kier molecular flexibility index (Phi) is 10.6. The maximum atomic E-state index is 12.8. The third-order valence-corrected chi connectivity index (χ3v) is 6.69. The summed E-state index contributed by atoms with van der Waals surface area (Å²) < 4.78 is 26.3. The van der Waals surface area contributed by atoms with Crippen molar-refractivity contribution in [2.24, 2.45) is 17.8 Å². The van der Waals surface area contributed by atoms with Crippen LogP contribution in [0.1, 0.15) is 12.0 Å². The molecule has 6 N–H and O–H groups in total. The maximum Gasteiger partial charge on any atom is 0.315 e. The molecule has 2 aliphatic heterocycles. The van der Waals surface area contributed by atoms with Crippen molar-refractivity contribution in [1.82, 2.24) is 0 Å². The molecular formula is C25H32O14. The zero-order chi connectivity index (χ0) is 28.7. The Balaban J connectivity index is 1.71. The molecule has 0 spiro atoms. The minimum atomic E-state index is -1.77. The summed E-state index contributed by atoms with van der Waals surface area (Å²) in [5, 5.41) is 58.7. The smallest absolute Gasteiger partial charge is 0.315 e. The first-order valence-electron chi connectivity index (χ1n) is 12.1. The predicted octanol–water partition coefficient (Wildman–Crippen LogP) is -1.52. The molecule has 3 rings (SSSR count). The number of aromatic hydroxyl groups is 2. The minimum absolute atomic E-state index is 0.0841. The first-order valence-corrected chi connectivity index (χ1v) is 12.1. The van der Waals surface area contributed by atoms with E-state index < -0.39 is 79.9 Å². The van der Waals surface area contributed by atoms with E-state index in [0.717, 1.165) is 0 Å². The van der Waals surface area contributed by atoms with Crippen LogP contribution in [0.15, 0.2) is 30.9 Å². The lowest BCUT2D eigenvalue weighted by atomic mass is 9.77. The number of phenolic OH excluding ortho intramolecular Hbond substituents is 2. The van der Waals surface area contributed by atoms with Gasteiger partial charge < -0.3 is 54.3 Å². The Morgan fingerprint density at radius 1 is 1.08 bits per heavy atom. The third-order valence-electron chi connectivity index (χ3n) is 6.69. The van der Waals surface area contributed by atoms with Gasteiger partial charge in [-0.05, 0) is 23.6 Å². The van der Waals surface area contributed by atoms with Crippen LogP contribution in [-0.2, 0) is 44.5 Å². The van der Waals surface area contributed by atoms with E-state index in [-0.39, 0.29) is 37.4 Å². The zero-order valence-corrected chi connectivity index (χ0v) is 20.8. The van der Waals surface area contributed by atoms with Gasteiger partial charge in [0.25, 0.3) is 6.47 Å². The van der Waals surface area contributed by atoms with Crippen molar-refractivity contribution in [3.63, 3.8) is 0 Å². The van der Waals surface area contributed by atoms with Gasteiger partial charge in [-0.1, -0.05) is 12.1 Å². The number of hydrogen-bond donors (Lipinski definition) is 6. The molecule has 2 saturated heterocycles. The first-order chi connectivity index (χ1) is 18.6. The van der Waals surface area contributed by atoms with Gasteiger partial charge in [0.1, 0.15) is 31.0 Å². The Labute approximate surface area is 222 Å². The number of esters is 2. The lowest BCUT2D eigenvalue weighted by molar-refractivity contribution is -0.344. The maximum absolute atomic E-state index is 12.8. The fraction of sp³-hybridized carbons (Fsp3) is 0.560. The van der Waals surface area contributed by atoms with Crippen LogP contribution < -0.4 is 0 Å². The zero-order valence-electron chi connectivity index (χ0n) is 20.8. The molecule has 0 saturated carbocycles. The molecule has 0 aromatic heterocycles. The summed E-state index contributed by atoms with van der Waals surface area (Å²) in [5.74, 6) is -5.12. The average molecular weight is 557 g/mol. The van der Waals surface area contributed by atoms with E-state index in [2.05, 4.69) is 6.58 Å². The van der Waals surface area contributed by atoms with Gasteiger partial charge in [0.05, 0.1) is 25.6 Å². The molecule has 2 heterocycles. The van der Waals surface area contributed by atoms with Crippen LogP contribution in [0.25, 0.3) is 0 Å². The van der Waals surface area contributed by atoms with E-state index in [1.54, 1.807) is 6.07 Å². The second kappa shape index (κ2) is 13.7. The third kappa shape index (κ3) is 7.23. The topological polar surface area (TPSA) is 219 Å². The monoisotopic (exact) mass is 556 g/mol. The summed E-state index contributed by atoms with van der Waals surface area (Å²) in [4.78, 5) is 36.3. The summed E-state index contributed by atoms with van der Waals surface area (Å²) >= 11 is 0. The van der Waals surface area contributed by atoms with Gasteiger partial charge in [-0.15, -0.1) is 6.58 Å². The highest BCUT2D eigenvalue weighted by Crippen LogP contribution is 2.38. The molecule has 0 radical (unpaired) electrons. The van der Waals surface area contributed by atoms with Crippen molar-refractivity contribution < 1.29 is 68.7 Å². The summed E-state index contributed by atoms with van der Waals surface area (Å²) in [6, 6.07) is 4.16. The van der Waals surface area contributed by atoms with E-state index in [4.69, 9.17) is 23.7 Å². The number of hydrogen-bond acceptors (Lipinski definition) is 14. The fourth-order valence-electron chi connectivity index (χ4n) is 4.51. The lowest BCUT2D eigenvalue weighted by Gasteiger charge is -2.44. The van der Waals surface area contributed by atoms with Crippen LogP contribution in [-0.4, -0.2) is 106 Å². The number of aliphatic hydroxyl groups excluding tert-OH is 4. The van der Waals surface area contributed by atoms with E-state index >= 15 is 0 Å². The van der Waals surface area contributed by atoms with E-state index in [1.807, 2.05) is 0 Å². The van der Waals surface area contributed by atoms with Gasteiger partial charge in [0.15, 0.2) is 17.8 Å². The van der Waals surface area contributed by atoms with E-state index in [0.29, 0.717) is 5.56 Å². The van der Waals surface area contributed by atoms with Crippen molar-refractivity contribution in [3.05, 3.63) is 36.4 Å². The number of rotatable bonds is 12. The molecule has 1 aromatic carbocycles. The first kappa shape index (κ1) is 30.3. The largest absolute Gasteiger partial charge is 0.504 e. The molecular weight excluding hydrogens is 524 g/mol.